The molecule has 0 atom stereocenters. The van der Waals surface area contributed by atoms with E-state index in [0.29, 0.717) is 0 Å². The van der Waals surface area contributed by atoms with E-state index in [9.17, 15) is 4.79 Å². The van der Waals surface area contributed by atoms with Gasteiger partial charge in [0, 0.05) is 31.4 Å². The fraction of sp³-hybridized carbons (Fsp3) is 0.562. The zero-order valence-electron chi connectivity index (χ0n) is 12.2. The summed E-state index contributed by atoms with van der Waals surface area (Å²) in [6.45, 7) is 5.78. The van der Waals surface area contributed by atoms with Crippen LogP contribution in [0, 0.1) is 12.8 Å². The van der Waals surface area contributed by atoms with Gasteiger partial charge in [0.1, 0.15) is 0 Å². The average Bonchev–Trinajstić information content (AvgIpc) is 2.37. The van der Waals surface area contributed by atoms with Crippen LogP contribution in [0.25, 0.3) is 0 Å². The molecule has 1 aromatic rings. The molecule has 0 unspecified atom stereocenters. The van der Waals surface area contributed by atoms with Crippen LogP contribution in [0.15, 0.2) is 18.2 Å². The molecule has 3 nitrogen and oxygen atoms in total. The van der Waals surface area contributed by atoms with Crippen molar-refractivity contribution in [3.05, 3.63) is 29.3 Å². The number of carbonyl (C=O) groups excluding carboxylic acids is 1. The first-order chi connectivity index (χ1) is 9.15. The summed E-state index contributed by atoms with van der Waals surface area (Å²) in [5, 5.41) is 3.10. The van der Waals surface area contributed by atoms with Crippen molar-refractivity contribution in [2.24, 2.45) is 5.92 Å². The lowest BCUT2D eigenvalue weighted by Gasteiger charge is -2.32. The van der Waals surface area contributed by atoms with E-state index in [2.05, 4.69) is 12.2 Å². The highest BCUT2D eigenvalue weighted by Crippen LogP contribution is 2.28. The van der Waals surface area contributed by atoms with Crippen molar-refractivity contribution < 1.29 is 4.79 Å². The van der Waals surface area contributed by atoms with Crippen molar-refractivity contribution in [2.75, 3.05) is 25.5 Å². The van der Waals surface area contributed by atoms with Gasteiger partial charge in [0.2, 0.25) is 0 Å². The molecule has 2 rings (SSSR count). The van der Waals surface area contributed by atoms with Gasteiger partial charge in [-0.2, -0.15) is 0 Å². The Morgan fingerprint density at radius 1 is 1.42 bits per heavy atom. The summed E-state index contributed by atoms with van der Waals surface area (Å²) in [7, 11) is 1.89. The number of hydrogen-bond donors (Lipinski definition) is 1. The van der Waals surface area contributed by atoms with Crippen molar-refractivity contribution in [3.63, 3.8) is 0 Å². The van der Waals surface area contributed by atoms with Gasteiger partial charge in [0.05, 0.1) is 0 Å². The third kappa shape index (κ3) is 3.09. The van der Waals surface area contributed by atoms with Crippen molar-refractivity contribution >= 4 is 11.6 Å². The van der Waals surface area contributed by atoms with Gasteiger partial charge in [-0.1, -0.05) is 6.42 Å². The first-order valence-corrected chi connectivity index (χ1v) is 7.23. The second-order valence-electron chi connectivity index (χ2n) is 5.42. The van der Waals surface area contributed by atoms with Crippen molar-refractivity contribution in [1.82, 2.24) is 4.90 Å². The van der Waals surface area contributed by atoms with Crippen LogP contribution >= 0.6 is 0 Å². The molecule has 0 aliphatic heterocycles. The van der Waals surface area contributed by atoms with E-state index in [1.807, 2.05) is 37.1 Å². The van der Waals surface area contributed by atoms with Crippen LogP contribution in [0.3, 0.4) is 0 Å². The third-order valence-corrected chi connectivity index (χ3v) is 4.12. The number of anilines is 1. The lowest BCUT2D eigenvalue weighted by Crippen LogP contribution is -2.37. The van der Waals surface area contributed by atoms with Crippen molar-refractivity contribution in [1.29, 1.82) is 0 Å². The second-order valence-corrected chi connectivity index (χ2v) is 5.42. The number of benzene rings is 1. The molecule has 1 fully saturated rings. The molecular formula is C16H24N2O. The Kier molecular flexibility index (Phi) is 4.46. The molecular weight excluding hydrogens is 236 g/mol. The Hall–Kier alpha value is -1.51. The third-order valence-electron chi connectivity index (χ3n) is 4.12. The summed E-state index contributed by atoms with van der Waals surface area (Å²) in [5.41, 5.74) is 2.93. The zero-order valence-corrected chi connectivity index (χ0v) is 12.2. The Morgan fingerprint density at radius 2 is 2.16 bits per heavy atom. The van der Waals surface area contributed by atoms with Gasteiger partial charge < -0.3 is 10.2 Å². The molecule has 19 heavy (non-hydrogen) atoms. The second kappa shape index (κ2) is 6.09. The normalized spacial score (nSPS) is 14.9. The number of amides is 1. The summed E-state index contributed by atoms with van der Waals surface area (Å²) in [6.07, 6.45) is 3.88. The number of nitrogens with one attached hydrogen (secondary N) is 1. The fourth-order valence-corrected chi connectivity index (χ4v) is 2.57. The first-order valence-electron chi connectivity index (χ1n) is 7.23. The van der Waals surface area contributed by atoms with Gasteiger partial charge in [0.15, 0.2) is 0 Å². The molecule has 1 N–H and O–H groups in total. The minimum absolute atomic E-state index is 0.176. The van der Waals surface area contributed by atoms with E-state index in [1.165, 1.54) is 19.3 Å². The van der Waals surface area contributed by atoms with Gasteiger partial charge in [-0.3, -0.25) is 4.79 Å². The topological polar surface area (TPSA) is 32.3 Å². The molecule has 0 bridgehead atoms. The van der Waals surface area contributed by atoms with E-state index in [0.717, 1.165) is 35.8 Å². The van der Waals surface area contributed by atoms with Crippen LogP contribution in [0.4, 0.5) is 5.69 Å². The average molecular weight is 260 g/mol. The van der Waals surface area contributed by atoms with E-state index >= 15 is 0 Å². The number of hydrogen-bond acceptors (Lipinski definition) is 2. The first kappa shape index (κ1) is 13.9. The lowest BCUT2D eigenvalue weighted by atomic mass is 9.85. The highest BCUT2D eigenvalue weighted by Gasteiger charge is 2.24. The van der Waals surface area contributed by atoms with E-state index < -0.39 is 0 Å². The maximum Gasteiger partial charge on any atom is 0.254 e. The van der Waals surface area contributed by atoms with Crippen LogP contribution < -0.4 is 5.32 Å². The molecule has 1 aromatic carbocycles. The molecule has 1 saturated carbocycles. The van der Waals surface area contributed by atoms with E-state index in [1.54, 1.807) is 0 Å². The summed E-state index contributed by atoms with van der Waals surface area (Å²) in [6, 6.07) is 5.94. The SMILES string of the molecule is CCN(CC1CCC1)C(=O)c1ccc(NC)cc1C. The molecule has 1 amide bonds. The number of rotatable bonds is 5. The zero-order chi connectivity index (χ0) is 13.8. The highest BCUT2D eigenvalue weighted by atomic mass is 16.2. The van der Waals surface area contributed by atoms with Crippen LogP contribution in [0.5, 0.6) is 0 Å². The van der Waals surface area contributed by atoms with Gasteiger partial charge in [-0.05, 0) is 56.4 Å². The summed E-state index contributed by atoms with van der Waals surface area (Å²) < 4.78 is 0. The quantitative estimate of drug-likeness (QED) is 0.881. The standard InChI is InChI=1S/C16H24N2O/c1-4-18(11-13-6-5-7-13)16(19)15-9-8-14(17-3)10-12(15)2/h8-10,13,17H,4-7,11H2,1-3H3. The van der Waals surface area contributed by atoms with Gasteiger partial charge >= 0.3 is 0 Å². The minimum Gasteiger partial charge on any atom is -0.388 e. The smallest absolute Gasteiger partial charge is 0.254 e. The van der Waals surface area contributed by atoms with Gasteiger partial charge in [-0.15, -0.1) is 0 Å². The van der Waals surface area contributed by atoms with Gasteiger partial charge in [-0.25, -0.2) is 0 Å². The van der Waals surface area contributed by atoms with E-state index in [4.69, 9.17) is 0 Å². The van der Waals surface area contributed by atoms with Crippen LogP contribution in [-0.2, 0) is 0 Å². The maximum absolute atomic E-state index is 12.6. The largest absolute Gasteiger partial charge is 0.388 e. The molecule has 104 valence electrons. The monoisotopic (exact) mass is 260 g/mol. The van der Waals surface area contributed by atoms with Crippen LogP contribution in [0.1, 0.15) is 42.1 Å². The Bertz CT molecular complexity index is 452. The van der Waals surface area contributed by atoms with Crippen LogP contribution in [-0.4, -0.2) is 30.9 Å². The number of aryl methyl sites for hydroxylation is 1. The number of carbonyl (C=O) groups is 1. The predicted molar refractivity (Wildman–Crippen MR) is 79.6 cm³/mol. The molecule has 1 aliphatic carbocycles. The van der Waals surface area contributed by atoms with Gasteiger partial charge in [0.25, 0.3) is 5.91 Å². The maximum atomic E-state index is 12.6. The molecule has 0 heterocycles. The fourth-order valence-electron chi connectivity index (χ4n) is 2.57. The molecule has 3 heteroatoms. The molecule has 0 spiro atoms. The Balaban J connectivity index is 2.11. The number of nitrogens with zero attached hydrogens (tertiary/aromatic N) is 1. The van der Waals surface area contributed by atoms with Crippen molar-refractivity contribution in [3.8, 4) is 0 Å². The summed E-state index contributed by atoms with van der Waals surface area (Å²) in [4.78, 5) is 14.6. The molecule has 0 aromatic heterocycles. The highest BCUT2D eigenvalue weighted by molar-refractivity contribution is 5.96. The minimum atomic E-state index is 0.176. The Morgan fingerprint density at radius 3 is 2.63 bits per heavy atom. The summed E-state index contributed by atoms with van der Waals surface area (Å²) in [5.74, 6) is 0.898. The summed E-state index contributed by atoms with van der Waals surface area (Å²) >= 11 is 0. The molecule has 0 radical (unpaired) electrons. The van der Waals surface area contributed by atoms with E-state index in [-0.39, 0.29) is 5.91 Å². The van der Waals surface area contributed by atoms with Crippen molar-refractivity contribution in [2.45, 2.75) is 33.1 Å². The lowest BCUT2D eigenvalue weighted by molar-refractivity contribution is 0.0706. The molecule has 0 saturated heterocycles. The molecule has 1 aliphatic rings. The van der Waals surface area contributed by atoms with Crippen LogP contribution in [0.2, 0.25) is 0 Å². The Labute approximate surface area is 116 Å². The predicted octanol–water partition coefficient (Wildman–Crippen LogP) is 3.30.